The number of ether oxygens (including phenoxy) is 1. The van der Waals surface area contributed by atoms with Crippen molar-refractivity contribution in [3.05, 3.63) is 52.0 Å². The van der Waals surface area contributed by atoms with E-state index in [0.29, 0.717) is 50.2 Å². The van der Waals surface area contributed by atoms with Gasteiger partial charge in [-0.2, -0.15) is 5.26 Å². The third-order valence-electron chi connectivity index (χ3n) is 9.51. The van der Waals surface area contributed by atoms with E-state index in [4.69, 9.17) is 10.5 Å². The van der Waals surface area contributed by atoms with Crippen LogP contribution in [0.1, 0.15) is 77.9 Å². The molecule has 4 heterocycles. The summed E-state index contributed by atoms with van der Waals surface area (Å²) < 4.78 is 7.58. The highest BCUT2D eigenvalue weighted by Crippen LogP contribution is 2.55. The molecule has 0 spiro atoms. The number of carbonyl (C=O) groups excluding carboxylic acids is 2. The Kier molecular flexibility index (Phi) is 6.32. The number of hydrogen-bond acceptors (Lipinski definition) is 6. The summed E-state index contributed by atoms with van der Waals surface area (Å²) >= 11 is 1.58. The van der Waals surface area contributed by atoms with E-state index in [1.807, 2.05) is 35.4 Å². The molecule has 1 saturated heterocycles. The van der Waals surface area contributed by atoms with Crippen LogP contribution in [-0.2, 0) is 18.4 Å². The average Bonchev–Trinajstić information content (AvgIpc) is 3.65. The highest BCUT2D eigenvalue weighted by molar-refractivity contribution is 7.13. The molecule has 3 N–H and O–H groups in total. The monoisotopic (exact) mass is 558 g/mol. The first-order valence-corrected chi connectivity index (χ1v) is 14.8. The molecule has 2 fully saturated rings. The second kappa shape index (κ2) is 9.50. The number of carbonyl (C=O) groups is 2. The first kappa shape index (κ1) is 26.6. The molecule has 2 aromatic heterocycles. The number of aromatic nitrogens is 1. The molecule has 0 unspecified atom stereocenters. The van der Waals surface area contributed by atoms with E-state index < -0.39 is 23.0 Å². The van der Waals surface area contributed by atoms with Crippen LogP contribution in [0.3, 0.4) is 0 Å². The first-order valence-electron chi connectivity index (χ1n) is 13.9. The van der Waals surface area contributed by atoms with Crippen molar-refractivity contribution in [2.45, 2.75) is 76.0 Å². The molecular formula is C31H34N4O4S. The fourth-order valence-corrected chi connectivity index (χ4v) is 7.72. The number of rotatable bonds is 6. The van der Waals surface area contributed by atoms with E-state index in [1.165, 1.54) is 7.11 Å². The highest BCUT2D eigenvalue weighted by Gasteiger charge is 2.51. The highest BCUT2D eigenvalue weighted by atomic mass is 32.1. The standard InChI is InChI=1S/C31H34N4O4S/c1-18(36)30(2)9-6-12-35(30)29(38)27-25(31(17-32)10-5-11-31)24(23-7-4-14-40-23)26-20-16-21(28(33)37)22(39-3)15-19(20)8-13-34(26)27/h4,7,14-16,18,36H,5-6,8-13H2,1-3H3,(H2,33,37)/t18-,30-/m1/s1. The van der Waals surface area contributed by atoms with Crippen molar-refractivity contribution >= 4 is 23.2 Å². The van der Waals surface area contributed by atoms with Gasteiger partial charge in [0.2, 0.25) is 0 Å². The van der Waals surface area contributed by atoms with Gasteiger partial charge in [-0.05, 0) is 81.5 Å². The van der Waals surface area contributed by atoms with Crippen LogP contribution in [0, 0.1) is 11.3 Å². The predicted molar refractivity (Wildman–Crippen MR) is 153 cm³/mol. The zero-order chi connectivity index (χ0) is 28.4. The van der Waals surface area contributed by atoms with Gasteiger partial charge in [0, 0.05) is 34.7 Å². The van der Waals surface area contributed by atoms with Crippen molar-refractivity contribution in [1.82, 2.24) is 9.47 Å². The van der Waals surface area contributed by atoms with Crippen LogP contribution in [-0.4, -0.2) is 51.7 Å². The number of nitrogens with two attached hydrogens (primary N) is 1. The molecule has 1 aromatic carbocycles. The SMILES string of the molecule is COc1cc2c(cc1C(N)=O)-c1c(-c3cccs3)c(C3(C#N)CCC3)c(C(=O)N3CCC[C@]3(C)[C@@H](C)O)n1CC2. The number of nitrogens with zero attached hydrogens (tertiary/aromatic N) is 3. The lowest BCUT2D eigenvalue weighted by Gasteiger charge is -2.40. The number of primary amides is 1. The van der Waals surface area contributed by atoms with Crippen molar-refractivity contribution in [1.29, 1.82) is 5.26 Å². The molecule has 1 saturated carbocycles. The number of likely N-dealkylation sites (tertiary alicyclic amines) is 1. The third kappa shape index (κ3) is 3.66. The Morgan fingerprint density at radius 2 is 2.00 bits per heavy atom. The maximum Gasteiger partial charge on any atom is 0.271 e. The Bertz CT molecular complexity index is 1560. The van der Waals surface area contributed by atoms with E-state index in [9.17, 15) is 20.0 Å². The van der Waals surface area contributed by atoms with Gasteiger partial charge in [0.1, 0.15) is 11.4 Å². The lowest BCUT2D eigenvalue weighted by atomic mass is 9.64. The van der Waals surface area contributed by atoms with Gasteiger partial charge >= 0.3 is 0 Å². The Morgan fingerprint density at radius 1 is 1.23 bits per heavy atom. The van der Waals surface area contributed by atoms with Gasteiger partial charge in [-0.15, -0.1) is 11.3 Å². The lowest BCUT2D eigenvalue weighted by Crippen LogP contribution is -2.53. The van der Waals surface area contributed by atoms with Crippen molar-refractivity contribution in [2.24, 2.45) is 5.73 Å². The smallest absolute Gasteiger partial charge is 0.271 e. The molecule has 208 valence electrons. The number of aliphatic hydroxyl groups excluding tert-OH is 1. The number of aryl methyl sites for hydroxylation is 1. The number of amides is 2. The summed E-state index contributed by atoms with van der Waals surface area (Å²) in [5.41, 5.74) is 9.46. The lowest BCUT2D eigenvalue weighted by molar-refractivity contribution is 0.0143. The summed E-state index contributed by atoms with van der Waals surface area (Å²) in [4.78, 5) is 30.0. The van der Waals surface area contributed by atoms with E-state index in [2.05, 4.69) is 10.6 Å². The Hall–Kier alpha value is -3.61. The summed E-state index contributed by atoms with van der Waals surface area (Å²) in [5, 5.41) is 23.4. The van der Waals surface area contributed by atoms with E-state index in [0.717, 1.165) is 45.7 Å². The summed E-state index contributed by atoms with van der Waals surface area (Å²) in [7, 11) is 1.52. The van der Waals surface area contributed by atoms with Gasteiger partial charge in [0.05, 0.1) is 41.5 Å². The van der Waals surface area contributed by atoms with Crippen molar-refractivity contribution in [3.63, 3.8) is 0 Å². The minimum atomic E-state index is -0.783. The normalized spacial score (nSPS) is 21.6. The fraction of sp³-hybridized carbons (Fsp3) is 0.452. The second-order valence-electron chi connectivity index (χ2n) is 11.5. The topological polar surface area (TPSA) is 122 Å². The Morgan fingerprint density at radius 3 is 2.58 bits per heavy atom. The van der Waals surface area contributed by atoms with Crippen LogP contribution in [0.25, 0.3) is 21.7 Å². The first-order chi connectivity index (χ1) is 19.2. The largest absolute Gasteiger partial charge is 0.496 e. The Balaban J connectivity index is 1.70. The molecule has 6 rings (SSSR count). The zero-order valence-corrected chi connectivity index (χ0v) is 23.9. The molecule has 3 aliphatic rings. The van der Waals surface area contributed by atoms with Gasteiger partial charge in [-0.1, -0.05) is 6.07 Å². The van der Waals surface area contributed by atoms with Gasteiger partial charge in [-0.25, -0.2) is 0 Å². The summed E-state index contributed by atoms with van der Waals surface area (Å²) in [6.45, 7) is 4.79. The summed E-state index contributed by atoms with van der Waals surface area (Å²) in [6.07, 6.45) is 3.73. The molecule has 40 heavy (non-hydrogen) atoms. The number of aliphatic hydroxyl groups is 1. The van der Waals surface area contributed by atoms with Crippen LogP contribution >= 0.6 is 11.3 Å². The van der Waals surface area contributed by atoms with Crippen LogP contribution < -0.4 is 10.5 Å². The second-order valence-corrected chi connectivity index (χ2v) is 12.5. The molecule has 2 atom stereocenters. The van der Waals surface area contributed by atoms with Crippen LogP contribution in [0.2, 0.25) is 0 Å². The van der Waals surface area contributed by atoms with E-state index in [1.54, 1.807) is 24.3 Å². The number of fused-ring (bicyclic) bond motifs is 3. The van der Waals surface area contributed by atoms with Crippen LogP contribution in [0.15, 0.2) is 29.6 Å². The molecule has 1 aliphatic carbocycles. The number of hydrogen-bond donors (Lipinski definition) is 2. The van der Waals surface area contributed by atoms with E-state index in [-0.39, 0.29) is 11.5 Å². The molecule has 0 radical (unpaired) electrons. The summed E-state index contributed by atoms with van der Waals surface area (Å²) in [5.74, 6) is -0.305. The van der Waals surface area contributed by atoms with E-state index >= 15 is 0 Å². The fourth-order valence-electron chi connectivity index (χ4n) is 6.94. The number of methoxy groups -OCH3 is 1. The maximum absolute atomic E-state index is 14.7. The number of nitriles is 1. The van der Waals surface area contributed by atoms with Gasteiger partial charge in [0.15, 0.2) is 0 Å². The predicted octanol–water partition coefficient (Wildman–Crippen LogP) is 4.87. The molecule has 0 bridgehead atoms. The zero-order valence-electron chi connectivity index (χ0n) is 23.1. The number of thiophene rings is 1. The molecular weight excluding hydrogens is 524 g/mol. The molecule has 3 aromatic rings. The van der Waals surface area contributed by atoms with Gasteiger partial charge in [-0.3, -0.25) is 9.59 Å². The van der Waals surface area contributed by atoms with Crippen molar-refractivity contribution in [3.8, 4) is 33.5 Å². The van der Waals surface area contributed by atoms with Gasteiger partial charge in [0.25, 0.3) is 11.8 Å². The minimum Gasteiger partial charge on any atom is -0.496 e. The number of benzene rings is 1. The molecule has 9 heteroatoms. The van der Waals surface area contributed by atoms with Crippen molar-refractivity contribution < 1.29 is 19.4 Å². The Labute approximate surface area is 238 Å². The minimum absolute atomic E-state index is 0.145. The van der Waals surface area contributed by atoms with Crippen LogP contribution in [0.4, 0.5) is 0 Å². The maximum atomic E-state index is 14.7. The average molecular weight is 559 g/mol. The molecule has 2 amide bonds. The molecule has 8 nitrogen and oxygen atoms in total. The van der Waals surface area contributed by atoms with Crippen LogP contribution in [0.5, 0.6) is 5.75 Å². The summed E-state index contributed by atoms with van der Waals surface area (Å²) in [6, 6.07) is 10.3. The van der Waals surface area contributed by atoms with Crippen molar-refractivity contribution in [2.75, 3.05) is 13.7 Å². The molecule has 2 aliphatic heterocycles. The van der Waals surface area contributed by atoms with Gasteiger partial charge < -0.3 is 25.0 Å². The quantitative estimate of drug-likeness (QED) is 0.447. The third-order valence-corrected chi connectivity index (χ3v) is 10.4.